The van der Waals surface area contributed by atoms with Crippen molar-refractivity contribution in [3.05, 3.63) is 28.2 Å². The Morgan fingerprint density at radius 2 is 2.24 bits per heavy atom. The first kappa shape index (κ1) is 12.5. The van der Waals surface area contributed by atoms with Gasteiger partial charge in [-0.25, -0.2) is 0 Å². The number of likely N-dealkylation sites (N-methyl/N-ethyl adjacent to an activating group) is 1. The minimum Gasteiger partial charge on any atom is -0.324 e. The van der Waals surface area contributed by atoms with Crippen molar-refractivity contribution in [2.45, 2.75) is 6.04 Å². The van der Waals surface area contributed by atoms with Gasteiger partial charge in [0, 0.05) is 28.8 Å². The van der Waals surface area contributed by atoms with E-state index in [1.165, 1.54) is 0 Å². The van der Waals surface area contributed by atoms with Crippen LogP contribution in [-0.4, -0.2) is 38.0 Å². The summed E-state index contributed by atoms with van der Waals surface area (Å²) in [5.74, 6) is 0.0249. The minimum absolute atomic E-state index is 0.0249. The van der Waals surface area contributed by atoms with Gasteiger partial charge in [0.25, 0.3) is 0 Å². The van der Waals surface area contributed by atoms with Crippen LogP contribution < -0.4 is 10.6 Å². The molecule has 0 aromatic heterocycles. The van der Waals surface area contributed by atoms with E-state index in [1.807, 2.05) is 32.3 Å². The number of nitrogens with one attached hydrogen (secondary N) is 2. The molecule has 1 heterocycles. The minimum atomic E-state index is -0.224. The molecule has 5 heteroatoms. The molecule has 17 heavy (non-hydrogen) atoms. The molecule has 4 nitrogen and oxygen atoms in total. The molecule has 1 aliphatic heterocycles. The third-order valence-corrected chi connectivity index (χ3v) is 3.25. The van der Waals surface area contributed by atoms with Crippen LogP contribution in [0, 0.1) is 0 Å². The van der Waals surface area contributed by atoms with Gasteiger partial charge in [0.15, 0.2) is 0 Å². The van der Waals surface area contributed by atoms with E-state index < -0.39 is 0 Å². The van der Waals surface area contributed by atoms with Crippen LogP contribution in [0.5, 0.6) is 0 Å². The number of benzene rings is 1. The molecule has 0 radical (unpaired) electrons. The Morgan fingerprint density at radius 1 is 1.47 bits per heavy atom. The molecule has 1 amide bonds. The van der Waals surface area contributed by atoms with Gasteiger partial charge in [-0.15, -0.1) is 0 Å². The maximum atomic E-state index is 11.8. The lowest BCUT2D eigenvalue weighted by Gasteiger charge is -2.14. The van der Waals surface area contributed by atoms with Crippen molar-refractivity contribution < 1.29 is 4.79 Å². The second-order valence-electron chi connectivity index (χ2n) is 4.41. The number of rotatable bonds is 4. The number of hydrogen-bond donors (Lipinski definition) is 2. The van der Waals surface area contributed by atoms with E-state index in [0.717, 1.165) is 28.8 Å². The normalized spacial score (nSPS) is 18.4. The zero-order valence-electron chi connectivity index (χ0n) is 9.96. The summed E-state index contributed by atoms with van der Waals surface area (Å²) in [6.07, 6.45) is 0. The van der Waals surface area contributed by atoms with Gasteiger partial charge in [-0.05, 0) is 26.2 Å². The third kappa shape index (κ3) is 2.86. The highest BCUT2D eigenvalue weighted by atomic mass is 79.9. The highest BCUT2D eigenvalue weighted by Crippen LogP contribution is 2.32. The molecule has 1 aromatic rings. The van der Waals surface area contributed by atoms with E-state index in [9.17, 15) is 4.79 Å². The standard InChI is InChI=1S/C12H16BrN3O/c1-16(2)6-5-14-11-9-4-3-8(13)7-10(9)15-12(11)17/h3-4,7,11,14H,5-6H2,1-2H3,(H,15,17). The summed E-state index contributed by atoms with van der Waals surface area (Å²) in [6.45, 7) is 1.70. The molecule has 2 N–H and O–H groups in total. The molecule has 0 spiro atoms. The largest absolute Gasteiger partial charge is 0.324 e. The lowest BCUT2D eigenvalue weighted by atomic mass is 10.1. The summed E-state index contributed by atoms with van der Waals surface area (Å²) >= 11 is 3.40. The summed E-state index contributed by atoms with van der Waals surface area (Å²) in [4.78, 5) is 13.9. The molecule has 2 rings (SSSR count). The number of hydrogen-bond acceptors (Lipinski definition) is 3. The average molecular weight is 298 g/mol. The molecule has 0 saturated carbocycles. The van der Waals surface area contributed by atoms with E-state index in [0.29, 0.717) is 0 Å². The van der Waals surface area contributed by atoms with Crippen molar-refractivity contribution >= 4 is 27.5 Å². The number of nitrogens with zero attached hydrogens (tertiary/aromatic N) is 1. The summed E-state index contributed by atoms with van der Waals surface area (Å²) in [7, 11) is 4.03. The Balaban J connectivity index is 2.07. The zero-order valence-corrected chi connectivity index (χ0v) is 11.5. The van der Waals surface area contributed by atoms with E-state index in [2.05, 4.69) is 31.5 Å². The van der Waals surface area contributed by atoms with Crippen LogP contribution in [0.1, 0.15) is 11.6 Å². The van der Waals surface area contributed by atoms with Crippen LogP contribution in [0.25, 0.3) is 0 Å². The van der Waals surface area contributed by atoms with E-state index in [-0.39, 0.29) is 11.9 Å². The summed E-state index contributed by atoms with van der Waals surface area (Å²) in [6, 6.07) is 5.64. The fourth-order valence-corrected chi connectivity index (χ4v) is 2.23. The van der Waals surface area contributed by atoms with Crippen molar-refractivity contribution in [2.75, 3.05) is 32.5 Å². The van der Waals surface area contributed by atoms with E-state index >= 15 is 0 Å². The predicted molar refractivity (Wildman–Crippen MR) is 72.1 cm³/mol. The number of carbonyl (C=O) groups excluding carboxylic acids is 1. The zero-order chi connectivity index (χ0) is 12.4. The first-order chi connectivity index (χ1) is 8.08. The lowest BCUT2D eigenvalue weighted by molar-refractivity contribution is -0.117. The molecular weight excluding hydrogens is 282 g/mol. The summed E-state index contributed by atoms with van der Waals surface area (Å²) in [5.41, 5.74) is 1.92. The third-order valence-electron chi connectivity index (χ3n) is 2.75. The fourth-order valence-electron chi connectivity index (χ4n) is 1.87. The van der Waals surface area contributed by atoms with Crippen molar-refractivity contribution in [3.8, 4) is 0 Å². The molecule has 1 aromatic carbocycles. The van der Waals surface area contributed by atoms with E-state index in [1.54, 1.807) is 0 Å². The Hall–Kier alpha value is -0.910. The summed E-state index contributed by atoms with van der Waals surface area (Å²) in [5, 5.41) is 6.15. The van der Waals surface area contributed by atoms with Crippen LogP contribution in [-0.2, 0) is 4.79 Å². The molecular formula is C12H16BrN3O. The van der Waals surface area contributed by atoms with Gasteiger partial charge in [0.2, 0.25) is 5.91 Å². The molecule has 1 unspecified atom stereocenters. The van der Waals surface area contributed by atoms with Crippen LogP contribution in [0.2, 0.25) is 0 Å². The fraction of sp³-hybridized carbons (Fsp3) is 0.417. The van der Waals surface area contributed by atoms with Crippen molar-refractivity contribution in [2.24, 2.45) is 0 Å². The Morgan fingerprint density at radius 3 is 2.94 bits per heavy atom. The van der Waals surface area contributed by atoms with Gasteiger partial charge in [-0.2, -0.15) is 0 Å². The number of anilines is 1. The Labute approximate surface area is 110 Å². The molecule has 92 valence electrons. The van der Waals surface area contributed by atoms with Crippen LogP contribution in [0.4, 0.5) is 5.69 Å². The topological polar surface area (TPSA) is 44.4 Å². The van der Waals surface area contributed by atoms with Gasteiger partial charge >= 0.3 is 0 Å². The average Bonchev–Trinajstić information content (AvgIpc) is 2.54. The number of halogens is 1. The molecule has 1 aliphatic rings. The second-order valence-corrected chi connectivity index (χ2v) is 5.33. The van der Waals surface area contributed by atoms with Gasteiger partial charge in [0.1, 0.15) is 6.04 Å². The quantitative estimate of drug-likeness (QED) is 0.887. The smallest absolute Gasteiger partial charge is 0.246 e. The number of fused-ring (bicyclic) bond motifs is 1. The SMILES string of the molecule is CN(C)CCNC1C(=O)Nc2cc(Br)ccc21. The van der Waals surface area contributed by atoms with Crippen molar-refractivity contribution in [1.29, 1.82) is 0 Å². The first-order valence-electron chi connectivity index (χ1n) is 5.56. The molecule has 0 fully saturated rings. The molecule has 0 bridgehead atoms. The van der Waals surface area contributed by atoms with Crippen molar-refractivity contribution in [1.82, 2.24) is 10.2 Å². The Kier molecular flexibility index (Phi) is 3.81. The first-order valence-corrected chi connectivity index (χ1v) is 6.35. The van der Waals surface area contributed by atoms with Crippen LogP contribution >= 0.6 is 15.9 Å². The highest BCUT2D eigenvalue weighted by Gasteiger charge is 2.29. The Bertz CT molecular complexity index is 434. The van der Waals surface area contributed by atoms with Crippen LogP contribution in [0.15, 0.2) is 22.7 Å². The maximum absolute atomic E-state index is 11.8. The maximum Gasteiger partial charge on any atom is 0.246 e. The van der Waals surface area contributed by atoms with Crippen LogP contribution in [0.3, 0.4) is 0 Å². The van der Waals surface area contributed by atoms with Gasteiger partial charge in [-0.3, -0.25) is 4.79 Å². The second kappa shape index (κ2) is 5.16. The number of carbonyl (C=O) groups is 1. The molecule has 0 saturated heterocycles. The van der Waals surface area contributed by atoms with Crippen molar-refractivity contribution in [3.63, 3.8) is 0 Å². The van der Waals surface area contributed by atoms with E-state index in [4.69, 9.17) is 0 Å². The highest BCUT2D eigenvalue weighted by molar-refractivity contribution is 9.10. The molecule has 0 aliphatic carbocycles. The lowest BCUT2D eigenvalue weighted by Crippen LogP contribution is -2.33. The molecule has 1 atom stereocenters. The summed E-state index contributed by atoms with van der Waals surface area (Å²) < 4.78 is 0.977. The monoisotopic (exact) mass is 297 g/mol. The predicted octanol–water partition coefficient (Wildman–Crippen LogP) is 1.59. The van der Waals surface area contributed by atoms with Gasteiger partial charge < -0.3 is 15.5 Å². The number of amides is 1. The van der Waals surface area contributed by atoms with Gasteiger partial charge in [0.05, 0.1) is 0 Å². The van der Waals surface area contributed by atoms with Gasteiger partial charge in [-0.1, -0.05) is 22.0 Å².